The van der Waals surface area contributed by atoms with Gasteiger partial charge in [-0.25, -0.2) is 9.02 Å². The van der Waals surface area contributed by atoms with Gasteiger partial charge in [-0.15, -0.1) is 0 Å². The summed E-state index contributed by atoms with van der Waals surface area (Å²) < 4.78 is 26.0. The zero-order chi connectivity index (χ0) is 30.8. The number of fused-ring (bicyclic) bond motifs is 1. The predicted molar refractivity (Wildman–Crippen MR) is 160 cm³/mol. The van der Waals surface area contributed by atoms with Gasteiger partial charge in [-0.05, 0) is 67.2 Å². The minimum atomic E-state index is -0.878. The topological polar surface area (TPSA) is 157 Å². The molecule has 0 unspecified atom stereocenters. The van der Waals surface area contributed by atoms with Crippen molar-refractivity contribution in [2.45, 2.75) is 44.4 Å². The number of nitrogens with one attached hydrogen (secondary N) is 2. The normalized spacial score (nSPS) is 17.8. The molecule has 2 aliphatic rings. The minimum absolute atomic E-state index is 0.0362. The fourth-order valence-corrected chi connectivity index (χ4v) is 7.03. The van der Waals surface area contributed by atoms with Crippen molar-refractivity contribution in [1.29, 1.82) is 0 Å². The van der Waals surface area contributed by atoms with E-state index in [0.717, 1.165) is 48.4 Å². The van der Waals surface area contributed by atoms with E-state index < -0.39 is 11.7 Å². The van der Waals surface area contributed by atoms with E-state index in [1.807, 2.05) is 6.07 Å². The molecular formula is C30H35FN6O6S. The molecule has 2 aromatic carbocycles. The van der Waals surface area contributed by atoms with Crippen molar-refractivity contribution in [3.63, 3.8) is 0 Å². The first-order valence-electron chi connectivity index (χ1n) is 14.7. The third-order valence-corrected chi connectivity index (χ3v) is 9.39. The standard InChI is InChI=1S/C30H35FN6O6S/c1-18-25(35-43-34-18)28(40)37-10-11-42-30(17-37)5-8-36(9-6-30)16-20-12-19(13-21(31)14-20)4-7-32-15-24(39)22-2-3-23(38)26-27(22)44-29(41)33-26/h2-3,12-14,24,32,38-39H,4-11,15-17H2,1H3,(H,33,41)/t24-/m0/s1. The number of thiazole rings is 1. The second kappa shape index (κ2) is 12.7. The molecule has 12 nitrogen and oxygen atoms in total. The van der Waals surface area contributed by atoms with Gasteiger partial charge in [0.15, 0.2) is 5.69 Å². The number of hydrogen-bond acceptors (Lipinski definition) is 11. The number of aliphatic hydroxyl groups is 1. The third kappa shape index (κ3) is 6.54. The van der Waals surface area contributed by atoms with Gasteiger partial charge in [0.1, 0.15) is 22.8 Å². The molecular weight excluding hydrogens is 591 g/mol. The van der Waals surface area contributed by atoms with Crippen LogP contribution in [0.3, 0.4) is 0 Å². The summed E-state index contributed by atoms with van der Waals surface area (Å²) in [6, 6.07) is 8.17. The van der Waals surface area contributed by atoms with Crippen molar-refractivity contribution in [2.75, 3.05) is 45.9 Å². The van der Waals surface area contributed by atoms with E-state index >= 15 is 0 Å². The van der Waals surface area contributed by atoms with Crippen LogP contribution in [0.2, 0.25) is 0 Å². The molecule has 2 aromatic heterocycles. The number of aromatic hydroxyl groups is 1. The van der Waals surface area contributed by atoms with E-state index in [0.29, 0.717) is 60.7 Å². The number of H-pyrrole nitrogens is 1. The number of piperidine rings is 1. The van der Waals surface area contributed by atoms with Crippen LogP contribution in [0, 0.1) is 12.7 Å². The number of hydrogen-bond donors (Lipinski definition) is 4. The molecule has 4 N–H and O–H groups in total. The number of benzene rings is 2. The van der Waals surface area contributed by atoms with Gasteiger partial charge >= 0.3 is 4.87 Å². The number of likely N-dealkylation sites (tertiary alicyclic amines) is 1. The molecule has 14 heteroatoms. The molecule has 0 radical (unpaired) electrons. The van der Waals surface area contributed by atoms with Crippen LogP contribution in [0.4, 0.5) is 4.39 Å². The molecule has 0 aliphatic carbocycles. The van der Waals surface area contributed by atoms with Crippen LogP contribution in [0.15, 0.2) is 39.8 Å². The molecule has 2 saturated heterocycles. The maximum Gasteiger partial charge on any atom is 0.305 e. The van der Waals surface area contributed by atoms with Crippen molar-refractivity contribution >= 4 is 27.5 Å². The summed E-state index contributed by atoms with van der Waals surface area (Å²) in [6.07, 6.45) is 1.21. The fourth-order valence-electron chi connectivity index (χ4n) is 6.11. The highest BCUT2D eigenvalue weighted by atomic mass is 32.1. The molecule has 234 valence electrons. The minimum Gasteiger partial charge on any atom is -0.506 e. The first-order chi connectivity index (χ1) is 21.2. The van der Waals surface area contributed by atoms with Gasteiger partial charge in [-0.1, -0.05) is 28.6 Å². The molecule has 1 atom stereocenters. The number of ether oxygens (including phenoxy) is 1. The van der Waals surface area contributed by atoms with Crippen molar-refractivity contribution in [1.82, 2.24) is 30.4 Å². The lowest BCUT2D eigenvalue weighted by atomic mass is 9.89. The Morgan fingerprint density at radius 2 is 2.00 bits per heavy atom. The van der Waals surface area contributed by atoms with Crippen LogP contribution in [0.25, 0.3) is 10.2 Å². The molecule has 4 aromatic rings. The number of aryl methyl sites for hydroxylation is 1. The number of carbonyl (C=O) groups is 1. The van der Waals surface area contributed by atoms with Crippen molar-refractivity contribution < 1.29 is 28.8 Å². The molecule has 4 heterocycles. The Kier molecular flexibility index (Phi) is 8.78. The summed E-state index contributed by atoms with van der Waals surface area (Å²) in [6.45, 7) is 6.03. The summed E-state index contributed by atoms with van der Waals surface area (Å²) in [5.74, 6) is -0.519. The Morgan fingerprint density at radius 1 is 1.20 bits per heavy atom. The SMILES string of the molecule is Cc1nonc1C(=O)N1CCOC2(CCN(Cc3cc(F)cc(CCNC[C@H](O)c4ccc(O)c5[nH]c(=O)sc45)c3)CC2)C1. The van der Waals surface area contributed by atoms with Gasteiger partial charge in [0.25, 0.3) is 5.91 Å². The second-order valence-electron chi connectivity index (χ2n) is 11.6. The van der Waals surface area contributed by atoms with Gasteiger partial charge in [0.05, 0.1) is 29.6 Å². The average molecular weight is 627 g/mol. The monoisotopic (exact) mass is 626 g/mol. The molecule has 1 spiro atoms. The van der Waals surface area contributed by atoms with Gasteiger partial charge in [0, 0.05) is 38.3 Å². The largest absolute Gasteiger partial charge is 0.506 e. The van der Waals surface area contributed by atoms with Crippen LogP contribution < -0.4 is 10.2 Å². The molecule has 2 aliphatic heterocycles. The van der Waals surface area contributed by atoms with Crippen LogP contribution in [-0.4, -0.2) is 92.7 Å². The van der Waals surface area contributed by atoms with Gasteiger partial charge in [-0.2, -0.15) is 0 Å². The van der Waals surface area contributed by atoms with Crippen molar-refractivity contribution in [3.8, 4) is 5.75 Å². The Morgan fingerprint density at radius 3 is 2.77 bits per heavy atom. The smallest absolute Gasteiger partial charge is 0.305 e. The Bertz CT molecular complexity index is 1700. The average Bonchev–Trinajstić information content (AvgIpc) is 3.61. The summed E-state index contributed by atoms with van der Waals surface area (Å²) >= 11 is 0.947. The molecule has 1 amide bonds. The van der Waals surface area contributed by atoms with Crippen molar-refractivity contribution in [3.05, 3.63) is 73.9 Å². The van der Waals surface area contributed by atoms with E-state index in [-0.39, 0.29) is 34.6 Å². The Balaban J connectivity index is 0.995. The Hall–Kier alpha value is -3.69. The number of rotatable bonds is 9. The zero-order valence-corrected chi connectivity index (χ0v) is 25.2. The van der Waals surface area contributed by atoms with Gasteiger partial charge < -0.3 is 30.2 Å². The molecule has 44 heavy (non-hydrogen) atoms. The van der Waals surface area contributed by atoms with E-state index in [9.17, 15) is 24.2 Å². The van der Waals surface area contributed by atoms with E-state index in [1.165, 1.54) is 12.1 Å². The Labute approximate surface area is 256 Å². The lowest BCUT2D eigenvalue weighted by Gasteiger charge is -2.47. The number of aromatic nitrogens is 3. The number of amides is 1. The van der Waals surface area contributed by atoms with Crippen LogP contribution in [0.5, 0.6) is 5.75 Å². The summed E-state index contributed by atoms with van der Waals surface area (Å²) in [4.78, 5) is 31.1. The number of morpholine rings is 1. The first-order valence-corrected chi connectivity index (χ1v) is 15.5. The molecule has 6 rings (SSSR count). The number of aromatic amines is 1. The van der Waals surface area contributed by atoms with E-state index in [4.69, 9.17) is 9.37 Å². The number of phenols is 1. The predicted octanol–water partition coefficient (Wildman–Crippen LogP) is 2.50. The lowest BCUT2D eigenvalue weighted by Crippen LogP contribution is -2.58. The second-order valence-corrected chi connectivity index (χ2v) is 12.5. The number of halogens is 1. The quantitative estimate of drug-likeness (QED) is 0.204. The summed E-state index contributed by atoms with van der Waals surface area (Å²) in [5.41, 5.74) is 2.93. The number of carbonyl (C=O) groups excluding carboxylic acids is 1. The van der Waals surface area contributed by atoms with Gasteiger partial charge in [-0.3, -0.25) is 14.5 Å². The van der Waals surface area contributed by atoms with Crippen molar-refractivity contribution in [2.24, 2.45) is 0 Å². The summed E-state index contributed by atoms with van der Waals surface area (Å²) in [5, 5.41) is 31.4. The first kappa shape index (κ1) is 30.3. The lowest BCUT2D eigenvalue weighted by molar-refractivity contribution is -0.128. The van der Waals surface area contributed by atoms with Crippen LogP contribution in [0.1, 0.15) is 51.8 Å². The highest BCUT2D eigenvalue weighted by Crippen LogP contribution is 2.32. The van der Waals surface area contributed by atoms with Gasteiger partial charge in [0.2, 0.25) is 0 Å². The number of nitrogens with zero attached hydrogens (tertiary/aromatic N) is 4. The highest BCUT2D eigenvalue weighted by molar-refractivity contribution is 7.16. The number of phenolic OH excluding ortho intramolecular Hbond substituents is 1. The molecule has 2 fully saturated rings. The van der Waals surface area contributed by atoms with Crippen LogP contribution in [-0.2, 0) is 17.7 Å². The fraction of sp³-hybridized carbons (Fsp3) is 0.467. The zero-order valence-electron chi connectivity index (χ0n) is 24.3. The third-order valence-electron chi connectivity index (χ3n) is 8.46. The number of aliphatic hydroxyl groups excluding tert-OH is 1. The molecule has 0 bridgehead atoms. The molecule has 0 saturated carbocycles. The summed E-state index contributed by atoms with van der Waals surface area (Å²) in [7, 11) is 0. The maximum atomic E-state index is 14.6. The van der Waals surface area contributed by atoms with Crippen LogP contribution >= 0.6 is 11.3 Å². The maximum absolute atomic E-state index is 14.6. The highest BCUT2D eigenvalue weighted by Gasteiger charge is 2.41. The van der Waals surface area contributed by atoms with E-state index in [1.54, 1.807) is 24.0 Å². The van der Waals surface area contributed by atoms with E-state index in [2.05, 4.69) is 25.5 Å².